The molecule has 3 N–H and O–H groups in total. The third-order valence-electron chi connectivity index (χ3n) is 2.00. The second-order valence-electron chi connectivity index (χ2n) is 3.39. The first kappa shape index (κ1) is 12.8. The van der Waals surface area contributed by atoms with Crippen LogP contribution in [0.3, 0.4) is 0 Å². The normalized spacial score (nSPS) is 15.6. The molecule has 0 saturated carbocycles. The Kier molecular flexibility index (Phi) is 3.77. The molecule has 1 aromatic carbocycles. The Bertz CT molecular complexity index is 352. The summed E-state index contributed by atoms with van der Waals surface area (Å²) in [6.07, 6.45) is -5.57. The maximum atomic E-state index is 11.9. The topological polar surface area (TPSA) is 55.5 Å². The van der Waals surface area contributed by atoms with Gasteiger partial charge in [-0.3, -0.25) is 0 Å². The zero-order chi connectivity index (χ0) is 12.3. The average molecular weight is 235 g/mol. The smallest absolute Gasteiger partial charge is 0.406 e. The van der Waals surface area contributed by atoms with Crippen molar-refractivity contribution in [2.75, 3.05) is 0 Å². The van der Waals surface area contributed by atoms with Crippen molar-refractivity contribution in [3.05, 3.63) is 29.8 Å². The predicted molar refractivity (Wildman–Crippen MR) is 51.7 cm³/mol. The molecule has 90 valence electrons. The minimum absolute atomic E-state index is 0.346. The second kappa shape index (κ2) is 4.71. The van der Waals surface area contributed by atoms with Gasteiger partial charge in [0.2, 0.25) is 0 Å². The van der Waals surface area contributed by atoms with Gasteiger partial charge >= 0.3 is 6.36 Å². The summed E-state index contributed by atoms with van der Waals surface area (Å²) in [5, 5.41) is 9.21. The van der Waals surface area contributed by atoms with E-state index in [9.17, 15) is 18.3 Å². The maximum Gasteiger partial charge on any atom is 0.573 e. The molecule has 2 atom stereocenters. The van der Waals surface area contributed by atoms with Gasteiger partial charge in [-0.2, -0.15) is 0 Å². The number of benzene rings is 1. The fourth-order valence-electron chi connectivity index (χ4n) is 1.20. The monoisotopic (exact) mass is 235 g/mol. The molecule has 0 fully saturated rings. The Hall–Kier alpha value is -1.27. The second-order valence-corrected chi connectivity index (χ2v) is 3.39. The Morgan fingerprint density at radius 2 is 2.00 bits per heavy atom. The summed E-state index contributed by atoms with van der Waals surface area (Å²) in [6, 6.07) is 4.51. The molecule has 0 heterocycles. The molecule has 0 unspecified atom stereocenters. The highest BCUT2D eigenvalue weighted by molar-refractivity contribution is 5.31. The number of ether oxygens (including phenoxy) is 1. The van der Waals surface area contributed by atoms with E-state index in [2.05, 4.69) is 4.74 Å². The molecule has 0 aromatic heterocycles. The summed E-state index contributed by atoms with van der Waals surface area (Å²) in [5.41, 5.74) is 5.97. The van der Waals surface area contributed by atoms with Crippen LogP contribution >= 0.6 is 0 Å². The predicted octanol–water partition coefficient (Wildman–Crippen LogP) is 1.97. The SMILES string of the molecule is C[C@H](O)[C@H](N)c1cccc(OC(F)(F)F)c1. The van der Waals surface area contributed by atoms with Crippen LogP contribution < -0.4 is 10.5 Å². The highest BCUT2D eigenvalue weighted by Crippen LogP contribution is 2.25. The minimum atomic E-state index is -4.73. The van der Waals surface area contributed by atoms with Gasteiger partial charge in [-0.1, -0.05) is 12.1 Å². The third kappa shape index (κ3) is 3.71. The fraction of sp³-hybridized carbons (Fsp3) is 0.400. The van der Waals surface area contributed by atoms with Crippen molar-refractivity contribution in [2.24, 2.45) is 5.73 Å². The van der Waals surface area contributed by atoms with Crippen molar-refractivity contribution in [3.8, 4) is 5.75 Å². The summed E-state index contributed by atoms with van der Waals surface area (Å²) in [6.45, 7) is 1.46. The van der Waals surface area contributed by atoms with Gasteiger partial charge in [0.1, 0.15) is 5.75 Å². The number of hydrogen-bond acceptors (Lipinski definition) is 3. The number of rotatable bonds is 3. The Balaban J connectivity index is 2.87. The van der Waals surface area contributed by atoms with Crippen LogP contribution in [0.15, 0.2) is 24.3 Å². The van der Waals surface area contributed by atoms with Crippen molar-refractivity contribution < 1.29 is 23.0 Å². The van der Waals surface area contributed by atoms with Crippen LogP contribution in [0.25, 0.3) is 0 Å². The lowest BCUT2D eigenvalue weighted by Crippen LogP contribution is -2.23. The van der Waals surface area contributed by atoms with Gasteiger partial charge in [0.25, 0.3) is 0 Å². The molecule has 3 nitrogen and oxygen atoms in total. The lowest BCUT2D eigenvalue weighted by Gasteiger charge is -2.16. The molecule has 0 spiro atoms. The molecule has 0 aliphatic carbocycles. The third-order valence-corrected chi connectivity index (χ3v) is 2.00. The maximum absolute atomic E-state index is 11.9. The first-order valence-electron chi connectivity index (χ1n) is 4.59. The number of aliphatic hydroxyl groups is 1. The highest BCUT2D eigenvalue weighted by atomic mass is 19.4. The molecule has 0 saturated heterocycles. The van der Waals surface area contributed by atoms with Gasteiger partial charge in [-0.15, -0.1) is 13.2 Å². The van der Waals surface area contributed by atoms with E-state index in [0.29, 0.717) is 5.56 Å². The molecule has 0 amide bonds. The minimum Gasteiger partial charge on any atom is -0.406 e. The van der Waals surface area contributed by atoms with Gasteiger partial charge < -0.3 is 15.6 Å². The molecule has 0 radical (unpaired) electrons. The van der Waals surface area contributed by atoms with E-state index in [1.165, 1.54) is 25.1 Å². The fourth-order valence-corrected chi connectivity index (χ4v) is 1.20. The quantitative estimate of drug-likeness (QED) is 0.842. The van der Waals surface area contributed by atoms with Crippen LogP contribution in [0.4, 0.5) is 13.2 Å². The first-order chi connectivity index (χ1) is 7.29. The van der Waals surface area contributed by atoms with Crippen molar-refractivity contribution in [1.29, 1.82) is 0 Å². The molecule has 0 bridgehead atoms. The van der Waals surface area contributed by atoms with Crippen molar-refractivity contribution >= 4 is 0 Å². The molecule has 6 heteroatoms. The largest absolute Gasteiger partial charge is 0.573 e. The summed E-state index contributed by atoms with van der Waals surface area (Å²) >= 11 is 0. The molecule has 1 aromatic rings. The molecule has 0 aliphatic heterocycles. The van der Waals surface area contributed by atoms with Gasteiger partial charge in [-0.05, 0) is 24.6 Å². The van der Waals surface area contributed by atoms with Gasteiger partial charge in [-0.25, -0.2) is 0 Å². The van der Waals surface area contributed by atoms with E-state index >= 15 is 0 Å². The van der Waals surface area contributed by atoms with Crippen LogP contribution in [0, 0.1) is 0 Å². The number of aliphatic hydroxyl groups excluding tert-OH is 1. The zero-order valence-corrected chi connectivity index (χ0v) is 8.53. The molecule has 16 heavy (non-hydrogen) atoms. The Morgan fingerprint density at radius 3 is 2.50 bits per heavy atom. The van der Waals surface area contributed by atoms with Crippen LogP contribution in [0.5, 0.6) is 5.75 Å². The summed E-state index contributed by atoms with van der Waals surface area (Å²) in [7, 11) is 0. The summed E-state index contributed by atoms with van der Waals surface area (Å²) < 4.78 is 39.5. The van der Waals surface area contributed by atoms with Crippen molar-refractivity contribution in [2.45, 2.75) is 25.4 Å². The van der Waals surface area contributed by atoms with Crippen LogP contribution in [0.2, 0.25) is 0 Å². The van der Waals surface area contributed by atoms with Gasteiger partial charge in [0.15, 0.2) is 0 Å². The van der Waals surface area contributed by atoms with Crippen LogP contribution in [-0.2, 0) is 0 Å². The number of halogens is 3. The molecule has 1 rings (SSSR count). The van der Waals surface area contributed by atoms with Crippen molar-refractivity contribution in [3.63, 3.8) is 0 Å². The van der Waals surface area contributed by atoms with Gasteiger partial charge in [0.05, 0.1) is 12.1 Å². The summed E-state index contributed by atoms with van der Waals surface area (Å²) in [4.78, 5) is 0. The van der Waals surface area contributed by atoms with E-state index in [1.807, 2.05) is 0 Å². The van der Waals surface area contributed by atoms with E-state index in [4.69, 9.17) is 5.73 Å². The number of nitrogens with two attached hydrogens (primary N) is 1. The van der Waals surface area contributed by atoms with E-state index in [1.54, 1.807) is 0 Å². The number of alkyl halides is 3. The van der Waals surface area contributed by atoms with E-state index in [0.717, 1.165) is 6.07 Å². The van der Waals surface area contributed by atoms with Crippen molar-refractivity contribution in [1.82, 2.24) is 0 Å². The molecule has 0 aliphatic rings. The standard InChI is InChI=1S/C10H12F3NO2/c1-6(15)9(14)7-3-2-4-8(5-7)16-10(11,12)13/h2-6,9,15H,14H2,1H3/t6-,9-/m0/s1. The number of hydrogen-bond donors (Lipinski definition) is 2. The van der Waals surface area contributed by atoms with Crippen LogP contribution in [-0.4, -0.2) is 17.6 Å². The Morgan fingerprint density at radius 1 is 1.38 bits per heavy atom. The summed E-state index contributed by atoms with van der Waals surface area (Å²) in [5.74, 6) is -0.346. The van der Waals surface area contributed by atoms with E-state index < -0.39 is 18.5 Å². The zero-order valence-electron chi connectivity index (χ0n) is 8.53. The molecular weight excluding hydrogens is 223 g/mol. The lowest BCUT2D eigenvalue weighted by atomic mass is 10.0. The van der Waals surface area contributed by atoms with Crippen LogP contribution in [0.1, 0.15) is 18.5 Å². The lowest BCUT2D eigenvalue weighted by molar-refractivity contribution is -0.274. The highest BCUT2D eigenvalue weighted by Gasteiger charge is 2.31. The first-order valence-corrected chi connectivity index (χ1v) is 4.59. The Labute approximate surface area is 90.6 Å². The molecular formula is C10H12F3NO2. The average Bonchev–Trinajstić information content (AvgIpc) is 2.14. The van der Waals surface area contributed by atoms with Gasteiger partial charge in [0, 0.05) is 0 Å². The van der Waals surface area contributed by atoms with E-state index in [-0.39, 0.29) is 5.75 Å².